The second kappa shape index (κ2) is 11.0. The van der Waals surface area contributed by atoms with E-state index in [-0.39, 0.29) is 22.3 Å². The average Bonchev–Trinajstić information content (AvgIpc) is 3.55. The number of anilines is 2. The molecule has 1 unspecified atom stereocenters. The van der Waals surface area contributed by atoms with Crippen LogP contribution in [0.1, 0.15) is 40.1 Å². The van der Waals surface area contributed by atoms with E-state index in [1.165, 1.54) is 10.7 Å². The maximum Gasteiger partial charge on any atom is 0.272 e. The van der Waals surface area contributed by atoms with E-state index in [1.807, 2.05) is 48.5 Å². The average molecular weight is 531 g/mol. The third-order valence-electron chi connectivity index (χ3n) is 6.49. The first-order valence-electron chi connectivity index (χ1n) is 12.3. The number of rotatable bonds is 7. The maximum atomic E-state index is 13.4. The van der Waals surface area contributed by atoms with E-state index in [4.69, 9.17) is 11.6 Å². The number of benzene rings is 2. The van der Waals surface area contributed by atoms with Crippen LogP contribution in [0, 0.1) is 0 Å². The molecule has 1 aliphatic carbocycles. The van der Waals surface area contributed by atoms with Crippen LogP contribution in [0.5, 0.6) is 0 Å². The van der Waals surface area contributed by atoms with Crippen LogP contribution in [0.4, 0.5) is 11.6 Å². The zero-order valence-electron chi connectivity index (χ0n) is 20.7. The number of amides is 2. The molecule has 2 aromatic heterocycles. The fraction of sp³-hybridized carbons (Fsp3) is 0.214. The van der Waals surface area contributed by atoms with Gasteiger partial charge < -0.3 is 21.1 Å². The number of halogens is 1. The minimum Gasteiger partial charge on any atom is -0.391 e. The van der Waals surface area contributed by atoms with Gasteiger partial charge in [-0.3, -0.25) is 9.59 Å². The molecular weight excluding hydrogens is 504 g/mol. The molecule has 194 valence electrons. The van der Waals surface area contributed by atoms with E-state index in [2.05, 4.69) is 26.0 Å². The number of carbonyl (C=O) groups is 2. The number of carbonyl (C=O) groups excluding carboxylic acids is 2. The van der Waals surface area contributed by atoms with Crippen LogP contribution in [0.25, 0.3) is 16.9 Å². The topological polar surface area (TPSA) is 121 Å². The summed E-state index contributed by atoms with van der Waals surface area (Å²) < 4.78 is 1.49. The van der Waals surface area contributed by atoms with Crippen molar-refractivity contribution in [2.45, 2.75) is 31.4 Å². The standard InChI is InChI=1S/C28H27ClN6O3/c1-30-25-12-6-9-21(31-25)17-13-14-20(29)19(15-17)27(37)33-26-16-23(28(38)32-22-10-5-11-24(22)36)34-35(26)18-7-3-2-4-8-18/h2-4,6-9,12-16,22,24,36H,5,10-11H2,1H3,(H,30,31)(H,32,38)(H,33,37)/t22?,24-/m0/s1. The van der Waals surface area contributed by atoms with Crippen LogP contribution in [0.3, 0.4) is 0 Å². The summed E-state index contributed by atoms with van der Waals surface area (Å²) in [6.45, 7) is 0. The van der Waals surface area contributed by atoms with Gasteiger partial charge in [0.2, 0.25) is 0 Å². The zero-order valence-corrected chi connectivity index (χ0v) is 21.4. The van der Waals surface area contributed by atoms with Gasteiger partial charge >= 0.3 is 0 Å². The Morgan fingerprint density at radius 2 is 1.82 bits per heavy atom. The molecule has 9 nitrogen and oxygen atoms in total. The Hall–Kier alpha value is -4.21. The van der Waals surface area contributed by atoms with Crippen LogP contribution in [0.15, 0.2) is 72.8 Å². The molecule has 1 aliphatic rings. The molecule has 4 aromatic rings. The van der Waals surface area contributed by atoms with E-state index >= 15 is 0 Å². The van der Waals surface area contributed by atoms with Crippen molar-refractivity contribution in [2.75, 3.05) is 17.7 Å². The van der Waals surface area contributed by atoms with E-state index in [9.17, 15) is 14.7 Å². The van der Waals surface area contributed by atoms with E-state index in [1.54, 1.807) is 25.2 Å². The smallest absolute Gasteiger partial charge is 0.272 e. The van der Waals surface area contributed by atoms with Crippen molar-refractivity contribution >= 4 is 35.1 Å². The summed E-state index contributed by atoms with van der Waals surface area (Å²) in [5.41, 5.74) is 2.45. The normalized spacial score (nSPS) is 16.7. The number of hydrogen-bond acceptors (Lipinski definition) is 6. The molecule has 0 spiro atoms. The monoisotopic (exact) mass is 530 g/mol. The van der Waals surface area contributed by atoms with Gasteiger partial charge in [-0.05, 0) is 55.7 Å². The number of hydrogen-bond donors (Lipinski definition) is 4. The number of para-hydroxylation sites is 1. The molecule has 2 aromatic carbocycles. The fourth-order valence-electron chi connectivity index (χ4n) is 4.48. The first-order valence-corrected chi connectivity index (χ1v) is 12.7. The van der Waals surface area contributed by atoms with Crippen LogP contribution >= 0.6 is 11.6 Å². The first-order chi connectivity index (χ1) is 18.4. The molecule has 5 rings (SSSR count). The largest absolute Gasteiger partial charge is 0.391 e. The molecular formula is C28H27ClN6O3. The molecule has 4 N–H and O–H groups in total. The molecule has 0 saturated heterocycles. The Bertz CT molecular complexity index is 1470. The predicted octanol–water partition coefficient (Wildman–Crippen LogP) is 4.52. The lowest BCUT2D eigenvalue weighted by Gasteiger charge is -2.15. The molecule has 1 saturated carbocycles. The molecule has 2 amide bonds. The van der Waals surface area contributed by atoms with Crippen molar-refractivity contribution in [3.8, 4) is 16.9 Å². The lowest BCUT2D eigenvalue weighted by Crippen LogP contribution is -2.40. The lowest BCUT2D eigenvalue weighted by molar-refractivity contribution is 0.0867. The highest BCUT2D eigenvalue weighted by Gasteiger charge is 2.28. The van der Waals surface area contributed by atoms with Crippen LogP contribution in [-0.4, -0.2) is 50.9 Å². The van der Waals surface area contributed by atoms with Gasteiger partial charge in [-0.15, -0.1) is 0 Å². The number of aromatic nitrogens is 3. The maximum absolute atomic E-state index is 13.4. The van der Waals surface area contributed by atoms with E-state index < -0.39 is 17.9 Å². The van der Waals surface area contributed by atoms with Crippen molar-refractivity contribution in [3.63, 3.8) is 0 Å². The fourth-order valence-corrected chi connectivity index (χ4v) is 4.68. The van der Waals surface area contributed by atoms with Gasteiger partial charge in [0.05, 0.1) is 34.1 Å². The van der Waals surface area contributed by atoms with Gasteiger partial charge in [0.1, 0.15) is 11.6 Å². The number of aliphatic hydroxyl groups is 1. The van der Waals surface area contributed by atoms with Gasteiger partial charge in [-0.1, -0.05) is 41.9 Å². The Balaban J connectivity index is 1.45. The summed E-state index contributed by atoms with van der Waals surface area (Å²) in [5.74, 6) is 0.120. The highest BCUT2D eigenvalue weighted by molar-refractivity contribution is 6.34. The van der Waals surface area contributed by atoms with Gasteiger partial charge in [0, 0.05) is 18.7 Å². The Morgan fingerprint density at radius 3 is 2.55 bits per heavy atom. The molecule has 0 bridgehead atoms. The summed E-state index contributed by atoms with van der Waals surface area (Å²) in [7, 11) is 1.78. The summed E-state index contributed by atoms with van der Waals surface area (Å²) in [4.78, 5) is 30.9. The minimum absolute atomic E-state index is 0.121. The van der Waals surface area contributed by atoms with Crippen LogP contribution < -0.4 is 16.0 Å². The van der Waals surface area contributed by atoms with E-state index in [0.29, 0.717) is 35.9 Å². The molecule has 1 fully saturated rings. The van der Waals surface area contributed by atoms with Crippen molar-refractivity contribution in [1.29, 1.82) is 0 Å². The second-order valence-electron chi connectivity index (χ2n) is 9.05. The summed E-state index contributed by atoms with van der Waals surface area (Å²) in [6, 6.07) is 21.1. The number of nitrogens with one attached hydrogen (secondary N) is 3. The van der Waals surface area contributed by atoms with Gasteiger partial charge in [0.15, 0.2) is 5.69 Å². The van der Waals surface area contributed by atoms with E-state index in [0.717, 1.165) is 12.0 Å². The SMILES string of the molecule is CNc1cccc(-c2ccc(Cl)c(C(=O)Nc3cc(C(=O)NC4CCC[C@@H]4O)nn3-c3ccccc3)c2)n1. The third-order valence-corrected chi connectivity index (χ3v) is 6.82. The molecule has 0 aliphatic heterocycles. The summed E-state index contributed by atoms with van der Waals surface area (Å²) in [6.07, 6.45) is 1.63. The van der Waals surface area contributed by atoms with Crippen LogP contribution in [-0.2, 0) is 0 Å². The Kier molecular flexibility index (Phi) is 7.39. The van der Waals surface area contributed by atoms with Crippen molar-refractivity contribution in [3.05, 3.63) is 89.1 Å². The van der Waals surface area contributed by atoms with Crippen LogP contribution in [0.2, 0.25) is 5.02 Å². The first kappa shape index (κ1) is 25.4. The summed E-state index contributed by atoms with van der Waals surface area (Å²) >= 11 is 6.42. The second-order valence-corrected chi connectivity index (χ2v) is 9.45. The molecule has 0 radical (unpaired) electrons. The molecule has 38 heavy (non-hydrogen) atoms. The molecule has 10 heteroatoms. The van der Waals surface area contributed by atoms with Crippen molar-refractivity contribution in [2.24, 2.45) is 0 Å². The summed E-state index contributed by atoms with van der Waals surface area (Å²) in [5, 5.41) is 23.6. The Morgan fingerprint density at radius 1 is 1.00 bits per heavy atom. The predicted molar refractivity (Wildman–Crippen MR) is 147 cm³/mol. The number of pyridine rings is 1. The highest BCUT2D eigenvalue weighted by Crippen LogP contribution is 2.27. The zero-order chi connectivity index (χ0) is 26.6. The highest BCUT2D eigenvalue weighted by atomic mass is 35.5. The Labute approximate surface area is 224 Å². The number of nitrogens with zero attached hydrogens (tertiary/aromatic N) is 3. The van der Waals surface area contributed by atoms with Crippen molar-refractivity contribution < 1.29 is 14.7 Å². The van der Waals surface area contributed by atoms with Gasteiger partial charge in [-0.2, -0.15) is 5.10 Å². The number of aliphatic hydroxyl groups excluding tert-OH is 1. The van der Waals surface area contributed by atoms with Crippen molar-refractivity contribution in [1.82, 2.24) is 20.1 Å². The third kappa shape index (κ3) is 5.39. The quantitative estimate of drug-likeness (QED) is 0.279. The van der Waals surface area contributed by atoms with Gasteiger partial charge in [0.25, 0.3) is 11.8 Å². The molecule has 2 atom stereocenters. The molecule has 2 heterocycles. The minimum atomic E-state index is -0.577. The lowest BCUT2D eigenvalue weighted by atomic mass is 10.1. The van der Waals surface area contributed by atoms with Gasteiger partial charge in [-0.25, -0.2) is 9.67 Å².